The van der Waals surface area contributed by atoms with Gasteiger partial charge in [-0.1, -0.05) is 24.3 Å². The van der Waals surface area contributed by atoms with E-state index < -0.39 is 23.1 Å². The van der Waals surface area contributed by atoms with Crippen molar-refractivity contribution in [2.24, 2.45) is 0 Å². The number of halogens is 2. The van der Waals surface area contributed by atoms with Crippen LogP contribution in [0.15, 0.2) is 60.0 Å². The second-order valence-electron chi connectivity index (χ2n) is 5.78. The minimum Gasteiger partial charge on any atom is -0.351 e. The summed E-state index contributed by atoms with van der Waals surface area (Å²) in [5.41, 5.74) is 0.508. The summed E-state index contributed by atoms with van der Waals surface area (Å²) in [7, 11) is 0. The van der Waals surface area contributed by atoms with Crippen LogP contribution in [0.1, 0.15) is 20.8 Å². The Labute approximate surface area is 158 Å². The van der Waals surface area contributed by atoms with Crippen LogP contribution in [0.25, 0.3) is 0 Å². The molecule has 0 unspecified atom stereocenters. The summed E-state index contributed by atoms with van der Waals surface area (Å²) < 4.78 is 27.3. The monoisotopic (exact) mass is 386 g/mol. The van der Waals surface area contributed by atoms with Crippen LogP contribution in [0, 0.1) is 11.6 Å². The van der Waals surface area contributed by atoms with Crippen LogP contribution in [-0.2, 0) is 17.8 Å². The average Bonchev–Trinajstić information content (AvgIpc) is 3.15. The number of nitrogens with one attached hydrogen (secondary N) is 2. The van der Waals surface area contributed by atoms with E-state index in [1.54, 1.807) is 35.6 Å². The SMILES string of the molecule is O=C(Cc1ccc(NC(=O)c2c(F)cccc2F)cc1)NCc1cccs1. The normalized spacial score (nSPS) is 10.4. The third kappa shape index (κ3) is 4.98. The molecule has 2 amide bonds. The molecule has 0 fully saturated rings. The summed E-state index contributed by atoms with van der Waals surface area (Å²) in [5, 5.41) is 7.22. The minimum absolute atomic E-state index is 0.117. The summed E-state index contributed by atoms with van der Waals surface area (Å²) in [6.07, 6.45) is 0.196. The van der Waals surface area contributed by atoms with Crippen LogP contribution in [0.2, 0.25) is 0 Å². The molecule has 0 aliphatic heterocycles. The van der Waals surface area contributed by atoms with Crippen LogP contribution >= 0.6 is 11.3 Å². The van der Waals surface area contributed by atoms with E-state index in [0.29, 0.717) is 12.2 Å². The Hall–Kier alpha value is -3.06. The molecule has 0 radical (unpaired) electrons. The summed E-state index contributed by atoms with van der Waals surface area (Å²) >= 11 is 1.57. The predicted octanol–water partition coefficient (Wildman–Crippen LogP) is 4.14. The maximum atomic E-state index is 13.6. The van der Waals surface area contributed by atoms with Gasteiger partial charge >= 0.3 is 0 Å². The zero-order valence-electron chi connectivity index (χ0n) is 14.2. The molecule has 1 heterocycles. The van der Waals surface area contributed by atoms with Crippen LogP contribution in [0.4, 0.5) is 14.5 Å². The van der Waals surface area contributed by atoms with E-state index in [4.69, 9.17) is 0 Å². The van der Waals surface area contributed by atoms with Crippen molar-refractivity contribution in [3.8, 4) is 0 Å². The third-order valence-electron chi connectivity index (χ3n) is 3.81. The van der Waals surface area contributed by atoms with E-state index in [1.165, 1.54) is 6.07 Å². The summed E-state index contributed by atoms with van der Waals surface area (Å²) in [5.74, 6) is -2.83. The maximum Gasteiger partial charge on any atom is 0.261 e. The molecule has 27 heavy (non-hydrogen) atoms. The van der Waals surface area contributed by atoms with E-state index in [1.807, 2.05) is 17.5 Å². The molecular weight excluding hydrogens is 370 g/mol. The number of benzene rings is 2. The molecule has 7 heteroatoms. The summed E-state index contributed by atoms with van der Waals surface area (Å²) in [4.78, 5) is 25.1. The number of hydrogen-bond acceptors (Lipinski definition) is 3. The molecule has 0 saturated heterocycles. The highest BCUT2D eigenvalue weighted by Gasteiger charge is 2.17. The van der Waals surface area contributed by atoms with Crippen molar-refractivity contribution in [3.05, 3.63) is 87.6 Å². The lowest BCUT2D eigenvalue weighted by Crippen LogP contribution is -2.24. The number of rotatable bonds is 6. The lowest BCUT2D eigenvalue weighted by atomic mass is 10.1. The van der Waals surface area contributed by atoms with Gasteiger partial charge in [0.25, 0.3) is 5.91 Å². The fourth-order valence-electron chi connectivity index (χ4n) is 2.46. The first-order valence-electron chi connectivity index (χ1n) is 8.16. The first kappa shape index (κ1) is 18.7. The third-order valence-corrected chi connectivity index (χ3v) is 4.68. The molecule has 0 saturated carbocycles. The Kier molecular flexibility index (Phi) is 5.93. The minimum atomic E-state index is -0.925. The molecular formula is C20H16F2N2O2S. The van der Waals surface area contributed by atoms with Gasteiger partial charge in [0.05, 0.1) is 13.0 Å². The first-order chi connectivity index (χ1) is 13.0. The number of hydrogen-bond donors (Lipinski definition) is 2. The lowest BCUT2D eigenvalue weighted by Gasteiger charge is -2.08. The second-order valence-corrected chi connectivity index (χ2v) is 6.81. The zero-order chi connectivity index (χ0) is 19.2. The maximum absolute atomic E-state index is 13.6. The molecule has 2 aromatic carbocycles. The number of carbonyl (C=O) groups excluding carboxylic acids is 2. The van der Waals surface area contributed by atoms with E-state index in [2.05, 4.69) is 10.6 Å². The van der Waals surface area contributed by atoms with E-state index in [0.717, 1.165) is 22.6 Å². The van der Waals surface area contributed by atoms with Gasteiger partial charge in [-0.05, 0) is 41.3 Å². The first-order valence-corrected chi connectivity index (χ1v) is 9.04. The second kappa shape index (κ2) is 8.55. The number of thiophene rings is 1. The van der Waals surface area contributed by atoms with Crippen LogP contribution < -0.4 is 10.6 Å². The standard InChI is InChI=1S/C20H16F2N2O2S/c21-16-4-1-5-17(22)19(16)20(26)24-14-8-6-13(7-9-14)11-18(25)23-12-15-3-2-10-27-15/h1-10H,11-12H2,(H,23,25)(H,24,26). The van der Waals surface area contributed by atoms with E-state index in [-0.39, 0.29) is 12.3 Å². The van der Waals surface area contributed by atoms with Crippen molar-refractivity contribution >= 4 is 28.8 Å². The highest BCUT2D eigenvalue weighted by molar-refractivity contribution is 7.09. The van der Waals surface area contributed by atoms with E-state index >= 15 is 0 Å². The zero-order valence-corrected chi connectivity index (χ0v) is 15.0. The van der Waals surface area contributed by atoms with Gasteiger partial charge in [0.1, 0.15) is 17.2 Å². The van der Waals surface area contributed by atoms with Gasteiger partial charge < -0.3 is 10.6 Å². The van der Waals surface area contributed by atoms with Crippen molar-refractivity contribution in [2.45, 2.75) is 13.0 Å². The van der Waals surface area contributed by atoms with Gasteiger partial charge in [-0.25, -0.2) is 8.78 Å². The fourth-order valence-corrected chi connectivity index (χ4v) is 3.11. The average molecular weight is 386 g/mol. The Bertz CT molecular complexity index is 921. The molecule has 3 aromatic rings. The van der Waals surface area contributed by atoms with Gasteiger partial charge in [-0.3, -0.25) is 9.59 Å². The molecule has 1 aromatic heterocycles. The highest BCUT2D eigenvalue weighted by atomic mass is 32.1. The summed E-state index contributed by atoms with van der Waals surface area (Å²) in [6.45, 7) is 0.485. The molecule has 0 spiro atoms. The van der Waals surface area contributed by atoms with Gasteiger partial charge in [0, 0.05) is 10.6 Å². The van der Waals surface area contributed by atoms with E-state index in [9.17, 15) is 18.4 Å². The molecule has 0 bridgehead atoms. The van der Waals surface area contributed by atoms with Crippen molar-refractivity contribution in [1.82, 2.24) is 5.32 Å². The molecule has 4 nitrogen and oxygen atoms in total. The van der Waals surface area contributed by atoms with Crippen LogP contribution in [0.3, 0.4) is 0 Å². The Balaban J connectivity index is 1.57. The smallest absolute Gasteiger partial charge is 0.261 e. The topological polar surface area (TPSA) is 58.2 Å². The van der Waals surface area contributed by atoms with Gasteiger partial charge in [0.2, 0.25) is 5.91 Å². The van der Waals surface area contributed by atoms with Gasteiger partial charge in [-0.2, -0.15) is 0 Å². The van der Waals surface area contributed by atoms with Crippen LogP contribution in [-0.4, -0.2) is 11.8 Å². The van der Waals surface area contributed by atoms with Crippen molar-refractivity contribution in [2.75, 3.05) is 5.32 Å². The number of amides is 2. The van der Waals surface area contributed by atoms with Crippen LogP contribution in [0.5, 0.6) is 0 Å². The number of anilines is 1. The van der Waals surface area contributed by atoms with Crippen molar-refractivity contribution in [1.29, 1.82) is 0 Å². The van der Waals surface area contributed by atoms with Crippen molar-refractivity contribution < 1.29 is 18.4 Å². The molecule has 0 atom stereocenters. The Morgan fingerprint density at radius 3 is 2.26 bits per heavy atom. The van der Waals surface area contributed by atoms with Crippen molar-refractivity contribution in [3.63, 3.8) is 0 Å². The number of carbonyl (C=O) groups is 2. The van der Waals surface area contributed by atoms with Gasteiger partial charge in [-0.15, -0.1) is 11.3 Å². The Morgan fingerprint density at radius 1 is 0.926 bits per heavy atom. The molecule has 0 aliphatic carbocycles. The molecule has 0 aliphatic rings. The predicted molar refractivity (Wildman–Crippen MR) is 101 cm³/mol. The lowest BCUT2D eigenvalue weighted by molar-refractivity contribution is -0.120. The molecule has 3 rings (SSSR count). The quantitative estimate of drug-likeness (QED) is 0.669. The summed E-state index contributed by atoms with van der Waals surface area (Å²) in [6, 6.07) is 13.6. The highest BCUT2D eigenvalue weighted by Crippen LogP contribution is 2.16. The largest absolute Gasteiger partial charge is 0.351 e. The van der Waals surface area contributed by atoms with Gasteiger partial charge in [0.15, 0.2) is 0 Å². The Morgan fingerprint density at radius 2 is 1.63 bits per heavy atom. The fraction of sp³-hybridized carbons (Fsp3) is 0.100. The molecule has 138 valence electrons. The molecule has 2 N–H and O–H groups in total.